The van der Waals surface area contributed by atoms with E-state index in [4.69, 9.17) is 16.7 Å². The van der Waals surface area contributed by atoms with Crippen molar-refractivity contribution in [2.24, 2.45) is 5.92 Å². The third kappa shape index (κ3) is 4.72. The van der Waals surface area contributed by atoms with E-state index < -0.39 is 5.97 Å². The molecule has 1 aromatic rings. The van der Waals surface area contributed by atoms with E-state index >= 15 is 0 Å². The number of rotatable bonds is 6. The van der Waals surface area contributed by atoms with E-state index in [1.807, 2.05) is 0 Å². The molecule has 1 aliphatic rings. The van der Waals surface area contributed by atoms with Crippen LogP contribution in [0.2, 0.25) is 5.02 Å². The van der Waals surface area contributed by atoms with Crippen molar-refractivity contribution in [1.29, 1.82) is 0 Å². The number of benzene rings is 1. The lowest BCUT2D eigenvalue weighted by molar-refractivity contribution is -0.136. The second-order valence-electron chi connectivity index (χ2n) is 5.25. The fraction of sp³-hybridized carbons (Fsp3) is 0.467. The molecule has 114 valence electrons. The Bertz CT molecular complexity index is 498. The fourth-order valence-electron chi connectivity index (χ4n) is 2.50. The standard InChI is InChI=1S/C15H19ClN2O3/c16-12-2-4-13(5-3-12)18(10-15(20)21)14(19)6-1-11-7-8-17-9-11/h2-5,11,17H,1,6-10H2,(H,20,21). The van der Waals surface area contributed by atoms with E-state index in [1.165, 1.54) is 4.90 Å². The van der Waals surface area contributed by atoms with E-state index in [2.05, 4.69) is 5.32 Å². The molecule has 1 aromatic carbocycles. The fourth-order valence-corrected chi connectivity index (χ4v) is 2.63. The zero-order valence-electron chi connectivity index (χ0n) is 11.7. The van der Waals surface area contributed by atoms with Gasteiger partial charge in [0.25, 0.3) is 0 Å². The molecule has 21 heavy (non-hydrogen) atoms. The molecule has 2 N–H and O–H groups in total. The zero-order chi connectivity index (χ0) is 15.2. The first-order chi connectivity index (χ1) is 10.1. The minimum atomic E-state index is -1.03. The summed E-state index contributed by atoms with van der Waals surface area (Å²) in [7, 11) is 0. The summed E-state index contributed by atoms with van der Waals surface area (Å²) in [6.45, 7) is 1.60. The van der Waals surface area contributed by atoms with Gasteiger partial charge in [-0.25, -0.2) is 0 Å². The van der Waals surface area contributed by atoms with Crippen LogP contribution in [0.1, 0.15) is 19.3 Å². The minimum absolute atomic E-state index is 0.161. The average Bonchev–Trinajstić information content (AvgIpc) is 2.96. The quantitative estimate of drug-likeness (QED) is 0.844. The van der Waals surface area contributed by atoms with Crippen molar-refractivity contribution in [2.75, 3.05) is 24.5 Å². The number of nitrogens with zero attached hydrogens (tertiary/aromatic N) is 1. The number of hydrogen-bond acceptors (Lipinski definition) is 3. The van der Waals surface area contributed by atoms with Gasteiger partial charge in [-0.15, -0.1) is 0 Å². The molecule has 1 atom stereocenters. The van der Waals surface area contributed by atoms with Crippen molar-refractivity contribution in [3.05, 3.63) is 29.3 Å². The van der Waals surface area contributed by atoms with Gasteiger partial charge in [-0.2, -0.15) is 0 Å². The maximum atomic E-state index is 12.3. The second-order valence-corrected chi connectivity index (χ2v) is 5.68. The maximum absolute atomic E-state index is 12.3. The van der Waals surface area contributed by atoms with Gasteiger partial charge in [0, 0.05) is 17.1 Å². The Labute approximate surface area is 128 Å². The van der Waals surface area contributed by atoms with Crippen LogP contribution in [0.5, 0.6) is 0 Å². The molecule has 5 nitrogen and oxygen atoms in total. The topological polar surface area (TPSA) is 69.6 Å². The summed E-state index contributed by atoms with van der Waals surface area (Å²) in [4.78, 5) is 24.6. The van der Waals surface area contributed by atoms with Gasteiger partial charge in [-0.1, -0.05) is 11.6 Å². The number of amides is 1. The zero-order valence-corrected chi connectivity index (χ0v) is 12.5. The van der Waals surface area contributed by atoms with Gasteiger partial charge in [0.15, 0.2) is 0 Å². The van der Waals surface area contributed by atoms with E-state index in [9.17, 15) is 9.59 Å². The van der Waals surface area contributed by atoms with Gasteiger partial charge < -0.3 is 15.3 Å². The molecule has 0 aromatic heterocycles. The Hall–Kier alpha value is -1.59. The Kier molecular flexibility index (Phi) is 5.59. The highest BCUT2D eigenvalue weighted by Gasteiger charge is 2.21. The Morgan fingerprint density at radius 2 is 2.05 bits per heavy atom. The van der Waals surface area contributed by atoms with Crippen LogP contribution in [0.25, 0.3) is 0 Å². The van der Waals surface area contributed by atoms with Gasteiger partial charge in [-0.05, 0) is 56.1 Å². The number of aliphatic carboxylic acids is 1. The minimum Gasteiger partial charge on any atom is -0.480 e. The summed E-state index contributed by atoms with van der Waals surface area (Å²) in [5, 5.41) is 12.8. The molecule has 1 unspecified atom stereocenters. The van der Waals surface area contributed by atoms with E-state index in [1.54, 1.807) is 24.3 Å². The summed E-state index contributed by atoms with van der Waals surface area (Å²) in [6, 6.07) is 6.64. The lowest BCUT2D eigenvalue weighted by atomic mass is 10.0. The van der Waals surface area contributed by atoms with Crippen molar-refractivity contribution < 1.29 is 14.7 Å². The predicted octanol–water partition coefficient (Wildman–Crippen LogP) is 2.15. The molecule has 1 heterocycles. The SMILES string of the molecule is O=C(O)CN(C(=O)CCC1CCNC1)c1ccc(Cl)cc1. The van der Waals surface area contributed by atoms with Crippen LogP contribution in [-0.2, 0) is 9.59 Å². The smallest absolute Gasteiger partial charge is 0.323 e. The van der Waals surface area contributed by atoms with Gasteiger partial charge in [0.2, 0.25) is 5.91 Å². The van der Waals surface area contributed by atoms with Crippen LogP contribution >= 0.6 is 11.6 Å². The molecular formula is C15H19ClN2O3. The largest absolute Gasteiger partial charge is 0.480 e. The molecule has 0 radical (unpaired) electrons. The first kappa shape index (κ1) is 15.8. The van der Waals surface area contributed by atoms with Crippen LogP contribution in [0.3, 0.4) is 0 Å². The molecule has 1 saturated heterocycles. The number of nitrogens with one attached hydrogen (secondary N) is 1. The summed E-state index contributed by atoms with van der Waals surface area (Å²) in [6.07, 6.45) is 2.23. The number of anilines is 1. The lowest BCUT2D eigenvalue weighted by Crippen LogP contribution is -2.35. The van der Waals surface area contributed by atoms with Crippen LogP contribution in [0.4, 0.5) is 5.69 Å². The maximum Gasteiger partial charge on any atom is 0.323 e. The molecular weight excluding hydrogens is 292 g/mol. The molecule has 0 aliphatic carbocycles. The number of carbonyl (C=O) groups excluding carboxylic acids is 1. The molecule has 0 spiro atoms. The monoisotopic (exact) mass is 310 g/mol. The average molecular weight is 311 g/mol. The van der Waals surface area contributed by atoms with Crippen LogP contribution in [-0.4, -0.2) is 36.6 Å². The van der Waals surface area contributed by atoms with E-state index in [0.29, 0.717) is 23.0 Å². The molecule has 0 saturated carbocycles. The lowest BCUT2D eigenvalue weighted by Gasteiger charge is -2.21. The van der Waals surface area contributed by atoms with Crippen molar-refractivity contribution >= 4 is 29.2 Å². The highest BCUT2D eigenvalue weighted by molar-refractivity contribution is 6.30. The molecule has 1 amide bonds. The van der Waals surface area contributed by atoms with Gasteiger partial charge in [0.05, 0.1) is 0 Å². The molecule has 0 bridgehead atoms. The number of halogens is 1. The Morgan fingerprint density at radius 1 is 1.33 bits per heavy atom. The predicted molar refractivity (Wildman–Crippen MR) is 81.7 cm³/mol. The molecule has 6 heteroatoms. The van der Waals surface area contributed by atoms with E-state index in [0.717, 1.165) is 25.9 Å². The summed E-state index contributed by atoms with van der Waals surface area (Å²) in [5.74, 6) is -0.682. The van der Waals surface area contributed by atoms with Gasteiger partial charge >= 0.3 is 5.97 Å². The molecule has 1 fully saturated rings. The Balaban J connectivity index is 2.01. The highest BCUT2D eigenvalue weighted by atomic mass is 35.5. The summed E-state index contributed by atoms with van der Waals surface area (Å²) >= 11 is 5.82. The highest BCUT2D eigenvalue weighted by Crippen LogP contribution is 2.21. The molecule has 2 rings (SSSR count). The van der Waals surface area contributed by atoms with Crippen LogP contribution in [0.15, 0.2) is 24.3 Å². The first-order valence-electron chi connectivity index (χ1n) is 7.04. The number of carbonyl (C=O) groups is 2. The van der Waals surface area contributed by atoms with Crippen LogP contribution in [0, 0.1) is 5.92 Å². The van der Waals surface area contributed by atoms with Gasteiger partial charge in [0.1, 0.15) is 6.54 Å². The normalized spacial score (nSPS) is 17.7. The van der Waals surface area contributed by atoms with Crippen LogP contribution < -0.4 is 10.2 Å². The van der Waals surface area contributed by atoms with Crippen molar-refractivity contribution in [3.8, 4) is 0 Å². The number of hydrogen-bond donors (Lipinski definition) is 2. The summed E-state index contributed by atoms with van der Waals surface area (Å²) in [5.41, 5.74) is 0.566. The number of carboxylic acid groups (broad SMARTS) is 1. The van der Waals surface area contributed by atoms with E-state index in [-0.39, 0.29) is 12.5 Å². The second kappa shape index (κ2) is 7.43. The third-order valence-electron chi connectivity index (χ3n) is 3.66. The van der Waals surface area contributed by atoms with Crippen molar-refractivity contribution in [1.82, 2.24) is 5.32 Å². The van der Waals surface area contributed by atoms with Crippen molar-refractivity contribution in [2.45, 2.75) is 19.3 Å². The molecule has 1 aliphatic heterocycles. The number of carboxylic acids is 1. The summed E-state index contributed by atoms with van der Waals surface area (Å²) < 4.78 is 0. The third-order valence-corrected chi connectivity index (χ3v) is 3.91. The first-order valence-corrected chi connectivity index (χ1v) is 7.42. The van der Waals surface area contributed by atoms with Gasteiger partial charge in [-0.3, -0.25) is 9.59 Å². The van der Waals surface area contributed by atoms with Crippen molar-refractivity contribution in [3.63, 3.8) is 0 Å². The Morgan fingerprint density at radius 3 is 2.62 bits per heavy atom.